The average molecular weight is 636 g/mol. The molecule has 240 valence electrons. The molecule has 2 atom stereocenters. The molecule has 2 aliphatic heterocycles. The number of aryl methyl sites for hydroxylation is 2. The van der Waals surface area contributed by atoms with E-state index in [9.17, 15) is 18.0 Å². The summed E-state index contributed by atoms with van der Waals surface area (Å²) >= 11 is 0. The third-order valence-electron chi connectivity index (χ3n) is 7.70. The van der Waals surface area contributed by atoms with Gasteiger partial charge >= 0.3 is 6.09 Å². The number of amides is 2. The number of rotatable bonds is 3. The fourth-order valence-corrected chi connectivity index (χ4v) is 6.82. The number of benzene rings is 2. The van der Waals surface area contributed by atoms with Crippen LogP contribution in [0.2, 0.25) is 0 Å². The third kappa shape index (κ3) is 7.38. The molecule has 12 heteroatoms. The highest BCUT2D eigenvalue weighted by Gasteiger charge is 2.38. The number of nitrogens with one attached hydrogen (secondary N) is 1. The van der Waals surface area contributed by atoms with Crippen molar-refractivity contribution in [1.82, 2.24) is 19.8 Å². The average Bonchev–Trinajstić information content (AvgIpc) is 3.10. The fraction of sp³-hybridized carbons (Fsp3) is 0.455. The van der Waals surface area contributed by atoms with Gasteiger partial charge in [0.25, 0.3) is 15.9 Å². The van der Waals surface area contributed by atoms with Gasteiger partial charge in [-0.1, -0.05) is 38.1 Å². The number of fused-ring (bicyclic) bond motifs is 6. The summed E-state index contributed by atoms with van der Waals surface area (Å²) in [5.74, 6) is -0.223. The minimum absolute atomic E-state index is 0.0988. The lowest BCUT2D eigenvalue weighted by atomic mass is 10.00. The van der Waals surface area contributed by atoms with E-state index in [0.717, 1.165) is 16.7 Å². The van der Waals surface area contributed by atoms with Crippen LogP contribution in [0.3, 0.4) is 0 Å². The van der Waals surface area contributed by atoms with Gasteiger partial charge in [-0.3, -0.25) is 4.79 Å². The Bertz CT molecular complexity index is 1700. The molecule has 2 aliphatic rings. The number of anilines is 1. The molecule has 3 aromatic rings. The van der Waals surface area contributed by atoms with Crippen LogP contribution in [-0.4, -0.2) is 77.6 Å². The second-order valence-corrected chi connectivity index (χ2v) is 14.9. The van der Waals surface area contributed by atoms with E-state index in [2.05, 4.69) is 28.5 Å². The fourth-order valence-electron chi connectivity index (χ4n) is 5.83. The number of aromatic nitrogens is 2. The van der Waals surface area contributed by atoms with Gasteiger partial charge < -0.3 is 19.3 Å². The van der Waals surface area contributed by atoms with Crippen LogP contribution in [0.5, 0.6) is 5.88 Å². The lowest BCUT2D eigenvalue weighted by Crippen LogP contribution is -2.47. The van der Waals surface area contributed by atoms with E-state index in [1.165, 1.54) is 18.2 Å². The molecule has 0 radical (unpaired) electrons. The lowest BCUT2D eigenvalue weighted by molar-refractivity contribution is 0.0182. The number of nitrogens with zero attached hydrogens (tertiary/aromatic N) is 4. The van der Waals surface area contributed by atoms with Gasteiger partial charge in [0.2, 0.25) is 11.8 Å². The zero-order valence-electron chi connectivity index (χ0n) is 26.8. The molecule has 0 aliphatic carbocycles. The predicted molar refractivity (Wildman–Crippen MR) is 171 cm³/mol. The van der Waals surface area contributed by atoms with Crippen molar-refractivity contribution < 1.29 is 27.5 Å². The zero-order valence-corrected chi connectivity index (χ0v) is 27.6. The molecule has 0 spiro atoms. The minimum Gasteiger partial charge on any atom is -0.470 e. The third-order valence-corrected chi connectivity index (χ3v) is 9.02. The van der Waals surface area contributed by atoms with Gasteiger partial charge in [0.05, 0.1) is 29.7 Å². The van der Waals surface area contributed by atoms with E-state index in [1.807, 2.05) is 52.8 Å². The van der Waals surface area contributed by atoms with Crippen LogP contribution in [0.25, 0.3) is 11.3 Å². The largest absolute Gasteiger partial charge is 0.470 e. The molecule has 6 bridgehead atoms. The molecule has 1 saturated heterocycles. The maximum absolute atomic E-state index is 14.2. The Morgan fingerprint density at radius 3 is 2.40 bits per heavy atom. The summed E-state index contributed by atoms with van der Waals surface area (Å²) < 4.78 is 41.9. The van der Waals surface area contributed by atoms with Crippen LogP contribution >= 0.6 is 0 Å². The summed E-state index contributed by atoms with van der Waals surface area (Å²) in [6, 6.07) is 13.0. The van der Waals surface area contributed by atoms with Crippen LogP contribution < -0.4 is 9.46 Å². The number of hydrogen-bond acceptors (Lipinski definition) is 8. The molecule has 45 heavy (non-hydrogen) atoms. The van der Waals surface area contributed by atoms with Crippen LogP contribution in [0.4, 0.5) is 10.7 Å². The molecular weight excluding hydrogens is 594 g/mol. The van der Waals surface area contributed by atoms with E-state index in [1.54, 1.807) is 21.9 Å². The molecular formula is C33H41N5O6S. The van der Waals surface area contributed by atoms with Crippen molar-refractivity contribution >= 4 is 28.0 Å². The van der Waals surface area contributed by atoms with Crippen LogP contribution in [0, 0.1) is 19.8 Å². The van der Waals surface area contributed by atoms with Gasteiger partial charge in [-0.2, -0.15) is 4.98 Å². The van der Waals surface area contributed by atoms with E-state index in [-0.39, 0.29) is 59.8 Å². The first-order chi connectivity index (χ1) is 21.1. The van der Waals surface area contributed by atoms with Gasteiger partial charge in [-0.05, 0) is 76.3 Å². The second-order valence-electron chi connectivity index (χ2n) is 13.2. The maximum Gasteiger partial charge on any atom is 0.410 e. The Morgan fingerprint density at radius 1 is 1.04 bits per heavy atom. The van der Waals surface area contributed by atoms with Gasteiger partial charge in [0.1, 0.15) is 11.7 Å². The SMILES string of the molecule is Cc1cccc(C)c1-c1cc2nc(n1)NS(=O)(=O)c1cccc(c1)C(=O)N1CC(CN(C(=O)OC(C)(C)C)C[C@@H]1CC(C)C)O2. The Kier molecular flexibility index (Phi) is 8.81. The van der Waals surface area contributed by atoms with Crippen molar-refractivity contribution in [2.24, 2.45) is 5.92 Å². The number of ether oxygens (including phenoxy) is 2. The molecule has 2 aromatic carbocycles. The Morgan fingerprint density at radius 2 is 1.73 bits per heavy atom. The first kappa shape index (κ1) is 32.2. The van der Waals surface area contributed by atoms with Crippen molar-refractivity contribution in [2.45, 2.75) is 77.5 Å². The molecule has 1 N–H and O–H groups in total. The minimum atomic E-state index is -4.17. The van der Waals surface area contributed by atoms with Gasteiger partial charge in [-0.25, -0.2) is 22.9 Å². The standard InChI is InChI=1S/C33H41N5O6S/c1-20(2)14-24-17-37(32(40)44-33(5,6)7)18-25-19-38(24)30(39)23-12-9-13-26(15-23)45(41,42)36-31-34-27(16-28(35-31)43-25)29-21(3)10-8-11-22(29)4/h8-13,15-16,20,24-25H,14,17-19H2,1-7H3,(H,34,35,36)/t24-,25?/m0/s1. The van der Waals surface area contributed by atoms with E-state index < -0.39 is 27.8 Å². The van der Waals surface area contributed by atoms with Crippen molar-refractivity contribution in [1.29, 1.82) is 0 Å². The normalized spacial score (nSPS) is 19.8. The zero-order chi connectivity index (χ0) is 32.7. The summed E-state index contributed by atoms with van der Waals surface area (Å²) in [4.78, 5) is 39.9. The van der Waals surface area contributed by atoms with Crippen molar-refractivity contribution in [2.75, 3.05) is 24.4 Å². The van der Waals surface area contributed by atoms with Crippen molar-refractivity contribution in [3.63, 3.8) is 0 Å². The molecule has 5 rings (SSSR count). The van der Waals surface area contributed by atoms with Crippen LogP contribution in [0.15, 0.2) is 53.4 Å². The van der Waals surface area contributed by atoms with E-state index in [4.69, 9.17) is 9.47 Å². The van der Waals surface area contributed by atoms with Gasteiger partial charge in [0.15, 0.2) is 0 Å². The quantitative estimate of drug-likeness (QED) is 0.403. The summed E-state index contributed by atoms with van der Waals surface area (Å²) in [5.41, 5.74) is 2.66. The maximum atomic E-state index is 14.2. The van der Waals surface area contributed by atoms with Gasteiger partial charge in [0, 0.05) is 23.7 Å². The highest BCUT2D eigenvalue weighted by atomic mass is 32.2. The Labute approximate surface area is 265 Å². The summed E-state index contributed by atoms with van der Waals surface area (Å²) in [7, 11) is -4.17. The molecule has 1 aromatic heterocycles. The monoisotopic (exact) mass is 635 g/mol. The summed E-state index contributed by atoms with van der Waals surface area (Å²) in [6.07, 6.45) is -0.617. The van der Waals surface area contributed by atoms with E-state index >= 15 is 0 Å². The number of hydrogen-bond donors (Lipinski definition) is 1. The van der Waals surface area contributed by atoms with Crippen LogP contribution in [0.1, 0.15) is 62.5 Å². The molecule has 0 saturated carbocycles. The van der Waals surface area contributed by atoms with Crippen molar-refractivity contribution in [3.05, 3.63) is 65.2 Å². The topological polar surface area (TPSA) is 131 Å². The second kappa shape index (κ2) is 12.3. The smallest absolute Gasteiger partial charge is 0.410 e. The van der Waals surface area contributed by atoms with E-state index in [0.29, 0.717) is 12.1 Å². The first-order valence-electron chi connectivity index (χ1n) is 15.1. The number of carbonyl (C=O) groups excluding carboxylic acids is 2. The molecule has 2 amide bonds. The van der Waals surface area contributed by atoms with Crippen LogP contribution in [-0.2, 0) is 14.8 Å². The highest BCUT2D eigenvalue weighted by Crippen LogP contribution is 2.31. The van der Waals surface area contributed by atoms with Gasteiger partial charge in [-0.15, -0.1) is 0 Å². The Balaban J connectivity index is 1.69. The first-order valence-corrected chi connectivity index (χ1v) is 16.6. The summed E-state index contributed by atoms with van der Waals surface area (Å²) in [6.45, 7) is 13.9. The number of sulfonamides is 1. The summed E-state index contributed by atoms with van der Waals surface area (Å²) in [5, 5.41) is 0. The highest BCUT2D eigenvalue weighted by molar-refractivity contribution is 7.92. The molecule has 1 fully saturated rings. The Hall–Kier alpha value is -4.19. The molecule has 11 nitrogen and oxygen atoms in total. The predicted octanol–water partition coefficient (Wildman–Crippen LogP) is 5.43. The lowest BCUT2D eigenvalue weighted by Gasteiger charge is -2.33. The molecule has 1 unspecified atom stereocenters. The molecule has 3 heterocycles. The van der Waals surface area contributed by atoms with Crippen molar-refractivity contribution in [3.8, 4) is 17.1 Å². The number of carbonyl (C=O) groups is 2.